The van der Waals surface area contributed by atoms with Crippen molar-refractivity contribution < 1.29 is 13.9 Å². The predicted octanol–water partition coefficient (Wildman–Crippen LogP) is 5.94. The van der Waals surface area contributed by atoms with Gasteiger partial charge in [0.2, 0.25) is 5.91 Å². The minimum absolute atomic E-state index is 0.198. The highest BCUT2D eigenvalue weighted by Crippen LogP contribution is 2.29. The molecule has 4 aromatic rings. The van der Waals surface area contributed by atoms with Crippen LogP contribution in [0.5, 0.6) is 5.75 Å². The van der Waals surface area contributed by atoms with E-state index in [0.717, 1.165) is 27.0 Å². The fourth-order valence-corrected chi connectivity index (χ4v) is 4.78. The number of ether oxygens (including phenoxy) is 1. The van der Waals surface area contributed by atoms with Crippen LogP contribution in [-0.4, -0.2) is 23.3 Å². The first-order chi connectivity index (χ1) is 17.5. The van der Waals surface area contributed by atoms with Gasteiger partial charge in [-0.15, -0.1) is 11.8 Å². The topological polar surface area (TPSA) is 89.3 Å². The number of rotatable bonds is 10. The number of nitrogens with two attached hydrogens (primary N) is 1. The number of amides is 1. The smallest absolute Gasteiger partial charge is 0.247 e. The van der Waals surface area contributed by atoms with Crippen LogP contribution >= 0.6 is 11.8 Å². The Labute approximate surface area is 214 Å². The van der Waals surface area contributed by atoms with Gasteiger partial charge in [0.25, 0.3) is 0 Å². The third kappa shape index (κ3) is 5.88. The van der Waals surface area contributed by atoms with Crippen LogP contribution in [0.15, 0.2) is 77.8 Å². The fourth-order valence-electron chi connectivity index (χ4n) is 3.97. The minimum atomic E-state index is -0.993. The van der Waals surface area contributed by atoms with E-state index < -0.39 is 11.9 Å². The van der Waals surface area contributed by atoms with Crippen LogP contribution in [0.1, 0.15) is 31.0 Å². The molecule has 0 bridgehead atoms. The summed E-state index contributed by atoms with van der Waals surface area (Å²) >= 11 is 1.71. The number of carbonyl (C=O) groups excluding carboxylic acids is 1. The van der Waals surface area contributed by atoms with Crippen molar-refractivity contribution in [1.82, 2.24) is 10.3 Å². The Morgan fingerprint density at radius 1 is 1.11 bits per heavy atom. The molecule has 186 valence electrons. The summed E-state index contributed by atoms with van der Waals surface area (Å²) in [7, 11) is 0. The quantitative estimate of drug-likeness (QED) is 0.232. The SMILES string of the molecule is CCOc1ccc(F)c(C(Nc2ccc3c(N)nccc3c2)C(=O)NCc2ccccc2SCC)c1. The van der Waals surface area contributed by atoms with E-state index in [1.807, 2.05) is 49.4 Å². The zero-order valence-electron chi connectivity index (χ0n) is 20.3. The van der Waals surface area contributed by atoms with Crippen molar-refractivity contribution in [3.05, 3.63) is 89.9 Å². The van der Waals surface area contributed by atoms with Crippen LogP contribution in [-0.2, 0) is 11.3 Å². The molecule has 0 aliphatic heterocycles. The Kier molecular flexibility index (Phi) is 8.28. The van der Waals surface area contributed by atoms with Gasteiger partial charge < -0.3 is 21.1 Å². The maximum atomic E-state index is 15.1. The predicted molar refractivity (Wildman–Crippen MR) is 145 cm³/mol. The van der Waals surface area contributed by atoms with Crippen LogP contribution in [0.25, 0.3) is 10.8 Å². The molecule has 0 spiro atoms. The second-order valence-electron chi connectivity index (χ2n) is 8.08. The molecule has 0 fully saturated rings. The summed E-state index contributed by atoms with van der Waals surface area (Å²) in [6, 6.07) is 18.7. The van der Waals surface area contributed by atoms with E-state index in [4.69, 9.17) is 10.5 Å². The molecule has 1 atom stereocenters. The molecule has 6 nitrogen and oxygen atoms in total. The summed E-state index contributed by atoms with van der Waals surface area (Å²) in [6.07, 6.45) is 1.63. The monoisotopic (exact) mass is 504 g/mol. The number of halogens is 1. The molecule has 8 heteroatoms. The van der Waals surface area contributed by atoms with Gasteiger partial charge in [0.1, 0.15) is 23.4 Å². The molecule has 0 radical (unpaired) electrons. The van der Waals surface area contributed by atoms with E-state index in [0.29, 0.717) is 30.4 Å². The van der Waals surface area contributed by atoms with E-state index in [-0.39, 0.29) is 11.5 Å². The molecular weight excluding hydrogens is 475 g/mol. The number of thioether (sulfide) groups is 1. The molecule has 1 amide bonds. The highest BCUT2D eigenvalue weighted by molar-refractivity contribution is 7.99. The number of nitrogen functional groups attached to an aromatic ring is 1. The number of hydrogen-bond acceptors (Lipinski definition) is 6. The van der Waals surface area contributed by atoms with Crippen molar-refractivity contribution in [2.75, 3.05) is 23.4 Å². The highest BCUT2D eigenvalue weighted by atomic mass is 32.2. The summed E-state index contributed by atoms with van der Waals surface area (Å²) in [5.74, 6) is 0.991. The lowest BCUT2D eigenvalue weighted by atomic mass is 10.0. The number of hydrogen-bond donors (Lipinski definition) is 3. The van der Waals surface area contributed by atoms with E-state index >= 15 is 4.39 Å². The molecule has 36 heavy (non-hydrogen) atoms. The Morgan fingerprint density at radius 2 is 1.94 bits per heavy atom. The van der Waals surface area contributed by atoms with Crippen molar-refractivity contribution in [1.29, 1.82) is 0 Å². The third-order valence-corrected chi connectivity index (χ3v) is 6.68. The molecule has 1 heterocycles. The Hall–Kier alpha value is -3.78. The lowest BCUT2D eigenvalue weighted by molar-refractivity contribution is -0.122. The molecule has 1 unspecified atom stereocenters. The number of carbonyl (C=O) groups is 1. The van der Waals surface area contributed by atoms with Gasteiger partial charge in [0.05, 0.1) is 6.61 Å². The van der Waals surface area contributed by atoms with Gasteiger partial charge in [-0.2, -0.15) is 0 Å². The number of aromatic nitrogens is 1. The molecule has 4 rings (SSSR count). The second kappa shape index (κ2) is 11.8. The zero-order valence-corrected chi connectivity index (χ0v) is 21.1. The molecular formula is C28H29FN4O2S. The number of fused-ring (bicyclic) bond motifs is 1. The van der Waals surface area contributed by atoms with Crippen molar-refractivity contribution in [3.63, 3.8) is 0 Å². The summed E-state index contributed by atoms with van der Waals surface area (Å²) in [5, 5.41) is 7.87. The van der Waals surface area contributed by atoms with Gasteiger partial charge in [-0.25, -0.2) is 9.37 Å². The van der Waals surface area contributed by atoms with Gasteiger partial charge in [-0.05, 0) is 72.2 Å². The molecule has 0 aliphatic carbocycles. The maximum Gasteiger partial charge on any atom is 0.247 e. The molecule has 3 aromatic carbocycles. The van der Waals surface area contributed by atoms with E-state index in [9.17, 15) is 4.79 Å². The van der Waals surface area contributed by atoms with E-state index in [2.05, 4.69) is 22.5 Å². The summed E-state index contributed by atoms with van der Waals surface area (Å²) in [4.78, 5) is 18.7. The average Bonchev–Trinajstić information content (AvgIpc) is 2.88. The molecule has 1 aromatic heterocycles. The zero-order chi connectivity index (χ0) is 25.5. The molecule has 0 aliphatic rings. The van der Waals surface area contributed by atoms with E-state index in [1.54, 1.807) is 36.2 Å². The molecule has 0 saturated carbocycles. The normalized spacial score (nSPS) is 11.8. The standard InChI is InChI=1S/C28H29FN4O2S/c1-3-35-21-10-12-24(29)23(16-21)26(28(34)32-17-19-7-5-6-8-25(19)36-4-2)33-20-9-11-22-18(15-20)13-14-31-27(22)30/h5-16,26,33H,3-4,17H2,1-2H3,(H2,30,31)(H,32,34). The Bertz CT molecular complexity index is 1360. The van der Waals surface area contributed by atoms with Gasteiger partial charge in [-0.1, -0.05) is 25.1 Å². The highest BCUT2D eigenvalue weighted by Gasteiger charge is 2.25. The first-order valence-electron chi connectivity index (χ1n) is 11.8. The largest absolute Gasteiger partial charge is 0.494 e. The van der Waals surface area contributed by atoms with Crippen molar-refractivity contribution >= 4 is 39.9 Å². The van der Waals surface area contributed by atoms with Crippen molar-refractivity contribution in [3.8, 4) is 5.75 Å². The lowest BCUT2D eigenvalue weighted by Gasteiger charge is -2.22. The van der Waals surface area contributed by atoms with Crippen LogP contribution < -0.4 is 21.1 Å². The summed E-state index contributed by atoms with van der Waals surface area (Å²) in [5.41, 5.74) is 7.84. The minimum Gasteiger partial charge on any atom is -0.494 e. The number of nitrogens with zero attached hydrogens (tertiary/aromatic N) is 1. The van der Waals surface area contributed by atoms with Gasteiger partial charge in [0, 0.05) is 34.3 Å². The molecule has 4 N–H and O–H groups in total. The molecule has 0 saturated heterocycles. The number of pyridine rings is 1. The summed E-state index contributed by atoms with van der Waals surface area (Å²) in [6.45, 7) is 4.70. The first-order valence-corrected chi connectivity index (χ1v) is 12.8. The van der Waals surface area contributed by atoms with Crippen LogP contribution in [0, 0.1) is 5.82 Å². The Balaban J connectivity index is 1.65. The number of anilines is 2. The Morgan fingerprint density at radius 3 is 2.75 bits per heavy atom. The van der Waals surface area contributed by atoms with Gasteiger partial charge in [0.15, 0.2) is 0 Å². The van der Waals surface area contributed by atoms with Crippen LogP contribution in [0.2, 0.25) is 0 Å². The van der Waals surface area contributed by atoms with Gasteiger partial charge in [-0.3, -0.25) is 4.79 Å². The van der Waals surface area contributed by atoms with Crippen LogP contribution in [0.3, 0.4) is 0 Å². The maximum absolute atomic E-state index is 15.1. The number of benzene rings is 3. The van der Waals surface area contributed by atoms with Crippen molar-refractivity contribution in [2.45, 2.75) is 31.3 Å². The average molecular weight is 505 g/mol. The third-order valence-electron chi connectivity index (χ3n) is 5.68. The van der Waals surface area contributed by atoms with E-state index in [1.165, 1.54) is 6.07 Å². The summed E-state index contributed by atoms with van der Waals surface area (Å²) < 4.78 is 20.6. The first kappa shape index (κ1) is 25.3. The number of nitrogens with one attached hydrogen (secondary N) is 2. The van der Waals surface area contributed by atoms with Crippen LogP contribution in [0.4, 0.5) is 15.9 Å². The second-order valence-corrected chi connectivity index (χ2v) is 9.39. The van der Waals surface area contributed by atoms with Crippen molar-refractivity contribution in [2.24, 2.45) is 0 Å². The fraction of sp³-hybridized carbons (Fsp3) is 0.214. The lowest BCUT2D eigenvalue weighted by Crippen LogP contribution is -2.34. The van der Waals surface area contributed by atoms with Gasteiger partial charge >= 0.3 is 0 Å².